The van der Waals surface area contributed by atoms with Gasteiger partial charge >= 0.3 is 0 Å². The standard InChI is InChI=1S/C22H18N6/c23-20-13-28(24)19-11-17(15-7-3-1-4-8-15)22-18(21(19)26-20)12-25-14-27(22)16-9-5-2-6-10-16/h1-14H,23-24H2. The molecule has 6 nitrogen and oxygen atoms in total. The first-order chi connectivity index (χ1) is 13.7. The maximum absolute atomic E-state index is 6.21. The monoisotopic (exact) mass is 366 g/mol. The molecule has 2 aliphatic heterocycles. The highest BCUT2D eigenvalue weighted by atomic mass is 15.4. The number of hydrogen-bond acceptors (Lipinski definition) is 6. The number of nitrogens with zero attached hydrogens (tertiary/aromatic N) is 4. The second kappa shape index (κ2) is 6.37. The lowest BCUT2D eigenvalue weighted by atomic mass is 9.98. The molecule has 0 fully saturated rings. The van der Waals surface area contributed by atoms with Crippen LogP contribution in [0.1, 0.15) is 0 Å². The molecule has 2 aliphatic rings. The van der Waals surface area contributed by atoms with Crippen LogP contribution in [-0.2, 0) is 0 Å². The average Bonchev–Trinajstić information content (AvgIpc) is 2.74. The minimum Gasteiger partial charge on any atom is -0.382 e. The van der Waals surface area contributed by atoms with E-state index in [0.717, 1.165) is 38.8 Å². The largest absolute Gasteiger partial charge is 0.382 e. The molecule has 136 valence electrons. The molecule has 0 unspecified atom stereocenters. The van der Waals surface area contributed by atoms with Gasteiger partial charge in [-0.3, -0.25) is 9.91 Å². The molecule has 4 N–H and O–H groups in total. The van der Waals surface area contributed by atoms with Gasteiger partial charge in [-0.25, -0.2) is 15.8 Å². The van der Waals surface area contributed by atoms with Crippen LogP contribution in [0.2, 0.25) is 0 Å². The first-order valence-corrected chi connectivity index (χ1v) is 8.92. The molecule has 0 aliphatic carbocycles. The number of benzene rings is 3. The van der Waals surface area contributed by atoms with Crippen LogP contribution in [0.4, 0.5) is 17.1 Å². The topological polar surface area (TPSA) is 83.2 Å². The third-order valence-corrected chi connectivity index (χ3v) is 4.83. The number of para-hydroxylation sites is 1. The number of fused-ring (bicyclic) bond motifs is 3. The van der Waals surface area contributed by atoms with Crippen LogP contribution in [0, 0.1) is 0 Å². The van der Waals surface area contributed by atoms with Crippen molar-refractivity contribution in [2.24, 2.45) is 21.6 Å². The zero-order valence-electron chi connectivity index (χ0n) is 15.0. The number of rotatable bonds is 2. The zero-order chi connectivity index (χ0) is 19.1. The van der Waals surface area contributed by atoms with Gasteiger partial charge in [-0.05, 0) is 23.8 Å². The molecule has 6 heteroatoms. The molecule has 0 saturated carbocycles. The Bertz CT molecular complexity index is 1230. The van der Waals surface area contributed by atoms with Gasteiger partial charge in [0.15, 0.2) is 0 Å². The van der Waals surface area contributed by atoms with Gasteiger partial charge in [0, 0.05) is 22.7 Å². The van der Waals surface area contributed by atoms with Gasteiger partial charge in [-0.2, -0.15) is 0 Å². The lowest BCUT2D eigenvalue weighted by molar-refractivity contribution is 0.972. The fourth-order valence-corrected chi connectivity index (χ4v) is 3.59. The zero-order valence-corrected chi connectivity index (χ0v) is 15.0. The van der Waals surface area contributed by atoms with Gasteiger partial charge < -0.3 is 5.73 Å². The highest BCUT2D eigenvalue weighted by Gasteiger charge is 2.22. The van der Waals surface area contributed by atoms with Crippen LogP contribution in [0.25, 0.3) is 17.3 Å². The van der Waals surface area contributed by atoms with Crippen molar-refractivity contribution in [2.45, 2.75) is 0 Å². The van der Waals surface area contributed by atoms with E-state index in [4.69, 9.17) is 11.6 Å². The Hall–Kier alpha value is -3.90. The van der Waals surface area contributed by atoms with E-state index in [1.165, 1.54) is 5.01 Å². The van der Waals surface area contributed by atoms with Gasteiger partial charge in [0.1, 0.15) is 11.2 Å². The number of nitrogens with two attached hydrogens (primary N) is 2. The molecule has 2 heterocycles. The summed E-state index contributed by atoms with van der Waals surface area (Å²) >= 11 is 0. The van der Waals surface area contributed by atoms with Crippen molar-refractivity contribution in [3.63, 3.8) is 0 Å². The minimum absolute atomic E-state index is 0.360. The van der Waals surface area contributed by atoms with Crippen LogP contribution in [-0.4, -0.2) is 6.34 Å². The predicted molar refractivity (Wildman–Crippen MR) is 113 cm³/mol. The quantitative estimate of drug-likeness (QED) is 0.682. The van der Waals surface area contributed by atoms with Crippen molar-refractivity contribution < 1.29 is 0 Å². The average molecular weight is 366 g/mol. The lowest BCUT2D eigenvalue weighted by Crippen LogP contribution is -2.43. The normalized spacial score (nSPS) is 14.5. The summed E-state index contributed by atoms with van der Waals surface area (Å²) in [5.41, 5.74) is 10.9. The van der Waals surface area contributed by atoms with Gasteiger partial charge in [0.05, 0.1) is 23.9 Å². The Kier molecular flexibility index (Phi) is 3.70. The summed E-state index contributed by atoms with van der Waals surface area (Å²) in [4.78, 5) is 11.1. The summed E-state index contributed by atoms with van der Waals surface area (Å²) in [7, 11) is 0. The molecule has 0 saturated heterocycles. The first kappa shape index (κ1) is 16.3. The number of aliphatic imine (C=N–C) groups is 1. The van der Waals surface area contributed by atoms with Gasteiger partial charge in [0.2, 0.25) is 0 Å². The molecular formula is C22H18N6. The summed E-state index contributed by atoms with van der Waals surface area (Å²) < 4.78 is 0. The summed E-state index contributed by atoms with van der Waals surface area (Å²) in [5.74, 6) is 6.57. The SMILES string of the molecule is NC1=CN(N)c2cc(-c3ccccc3)c3c(c2=N1)=CN=CN3c1ccccc1. The maximum atomic E-state index is 6.21. The van der Waals surface area contributed by atoms with Crippen molar-refractivity contribution >= 4 is 29.6 Å². The molecule has 3 aromatic carbocycles. The van der Waals surface area contributed by atoms with Gasteiger partial charge in [0.25, 0.3) is 0 Å². The van der Waals surface area contributed by atoms with E-state index >= 15 is 0 Å². The van der Waals surface area contributed by atoms with Crippen molar-refractivity contribution in [1.29, 1.82) is 0 Å². The molecule has 3 aromatic rings. The van der Waals surface area contributed by atoms with E-state index in [1.54, 1.807) is 6.20 Å². The smallest absolute Gasteiger partial charge is 0.142 e. The summed E-state index contributed by atoms with van der Waals surface area (Å²) in [6, 6.07) is 22.4. The highest BCUT2D eigenvalue weighted by molar-refractivity contribution is 5.99. The molecule has 5 rings (SSSR count). The predicted octanol–water partition coefficient (Wildman–Crippen LogP) is 2.34. The van der Waals surface area contributed by atoms with E-state index in [-0.39, 0.29) is 0 Å². The molecule has 28 heavy (non-hydrogen) atoms. The molecular weight excluding hydrogens is 348 g/mol. The van der Waals surface area contributed by atoms with E-state index in [1.807, 2.05) is 48.9 Å². The number of hydrogen-bond donors (Lipinski definition) is 2. The van der Waals surface area contributed by atoms with Gasteiger partial charge in [-0.1, -0.05) is 48.5 Å². The van der Waals surface area contributed by atoms with E-state index in [0.29, 0.717) is 5.82 Å². The van der Waals surface area contributed by atoms with Crippen molar-refractivity contribution in [1.82, 2.24) is 0 Å². The highest BCUT2D eigenvalue weighted by Crippen LogP contribution is 2.34. The molecule has 0 amide bonds. The van der Waals surface area contributed by atoms with E-state index in [2.05, 4.69) is 45.2 Å². The number of anilines is 3. The fraction of sp³-hybridized carbons (Fsp3) is 0. The molecule has 0 aromatic heterocycles. The summed E-state index contributed by atoms with van der Waals surface area (Å²) in [6.45, 7) is 0. The van der Waals surface area contributed by atoms with Crippen molar-refractivity contribution in [2.75, 3.05) is 9.91 Å². The van der Waals surface area contributed by atoms with Crippen molar-refractivity contribution in [3.05, 3.63) is 89.3 Å². The van der Waals surface area contributed by atoms with Crippen LogP contribution >= 0.6 is 0 Å². The Balaban J connectivity index is 1.89. The second-order valence-electron chi connectivity index (χ2n) is 6.59. The summed E-state index contributed by atoms with van der Waals surface area (Å²) in [6.07, 6.45) is 5.25. The Morgan fingerprint density at radius 3 is 2.36 bits per heavy atom. The fourth-order valence-electron chi connectivity index (χ4n) is 3.59. The molecule has 0 radical (unpaired) electrons. The van der Waals surface area contributed by atoms with Crippen LogP contribution in [0.5, 0.6) is 0 Å². The number of hydrazine groups is 1. The second-order valence-corrected chi connectivity index (χ2v) is 6.59. The molecule has 0 bridgehead atoms. The Labute approximate surface area is 162 Å². The van der Waals surface area contributed by atoms with Crippen LogP contribution < -0.4 is 32.1 Å². The van der Waals surface area contributed by atoms with Crippen LogP contribution in [0.15, 0.2) is 88.7 Å². The molecule has 0 atom stereocenters. The third kappa shape index (κ3) is 2.55. The van der Waals surface area contributed by atoms with E-state index in [9.17, 15) is 0 Å². The lowest BCUT2D eigenvalue weighted by Gasteiger charge is -2.28. The first-order valence-electron chi connectivity index (χ1n) is 8.92. The van der Waals surface area contributed by atoms with Crippen LogP contribution in [0.3, 0.4) is 0 Å². The van der Waals surface area contributed by atoms with E-state index < -0.39 is 0 Å². The minimum atomic E-state index is 0.360. The molecule has 0 spiro atoms. The Morgan fingerprint density at radius 1 is 0.893 bits per heavy atom. The maximum Gasteiger partial charge on any atom is 0.142 e. The summed E-state index contributed by atoms with van der Waals surface area (Å²) in [5, 5.41) is 3.12. The van der Waals surface area contributed by atoms with Gasteiger partial charge in [-0.15, -0.1) is 0 Å². The Morgan fingerprint density at radius 2 is 1.61 bits per heavy atom. The third-order valence-electron chi connectivity index (χ3n) is 4.83. The van der Waals surface area contributed by atoms with Crippen molar-refractivity contribution in [3.8, 4) is 11.1 Å².